The van der Waals surface area contributed by atoms with Crippen molar-refractivity contribution in [2.45, 2.75) is 13.0 Å². The quantitative estimate of drug-likeness (QED) is 0.499. The monoisotopic (exact) mass is 475 g/mol. The summed E-state index contributed by atoms with van der Waals surface area (Å²) in [5.41, 5.74) is 0.897. The summed E-state index contributed by atoms with van der Waals surface area (Å²) in [5.74, 6) is -2.73. The van der Waals surface area contributed by atoms with Crippen molar-refractivity contribution in [2.24, 2.45) is 11.0 Å². The lowest BCUT2D eigenvalue weighted by Gasteiger charge is -2.22. The molecule has 0 aliphatic carbocycles. The fraction of sp³-hybridized carbons (Fsp3) is 0.200. The number of esters is 1. The first-order valence-corrected chi connectivity index (χ1v) is 10.0. The highest BCUT2D eigenvalue weighted by molar-refractivity contribution is 9.10. The summed E-state index contributed by atoms with van der Waals surface area (Å²) in [7, 11) is 0. The van der Waals surface area contributed by atoms with E-state index in [2.05, 4.69) is 21.0 Å². The molecule has 0 N–H and O–H groups in total. The van der Waals surface area contributed by atoms with E-state index in [1.807, 2.05) is 0 Å². The summed E-state index contributed by atoms with van der Waals surface area (Å²) in [6, 6.07) is 12.5. The zero-order chi connectivity index (χ0) is 20.7. The Bertz CT molecular complexity index is 1020. The van der Waals surface area contributed by atoms with Crippen LogP contribution in [0, 0.1) is 5.92 Å². The molecular formula is C20H15BrClN3O4. The standard InChI is InChI=1S/C20H15BrClN3O4/c1-2-29-20(28)16-15-17(25(23-16)14-7-3-11(21)4-8-14)19(27)24(18(15)26)13-9-5-12(22)6-10-13/h3-10,15,17H,2H2,1H3/t15-,17+/m1/s1. The number of amides is 2. The number of hydrazone groups is 1. The predicted molar refractivity (Wildman–Crippen MR) is 112 cm³/mol. The smallest absolute Gasteiger partial charge is 0.355 e. The van der Waals surface area contributed by atoms with Gasteiger partial charge in [-0.05, 0) is 55.5 Å². The van der Waals surface area contributed by atoms with Crippen LogP contribution in [0.2, 0.25) is 5.02 Å². The molecule has 0 aromatic heterocycles. The van der Waals surface area contributed by atoms with E-state index in [9.17, 15) is 14.4 Å². The van der Waals surface area contributed by atoms with Gasteiger partial charge in [-0.1, -0.05) is 27.5 Å². The molecule has 148 valence electrons. The molecule has 0 bridgehead atoms. The average molecular weight is 477 g/mol. The van der Waals surface area contributed by atoms with Crippen LogP contribution >= 0.6 is 27.5 Å². The molecule has 9 heteroatoms. The Labute approximate surface area is 180 Å². The van der Waals surface area contributed by atoms with Crippen molar-refractivity contribution < 1.29 is 19.1 Å². The van der Waals surface area contributed by atoms with Gasteiger partial charge in [-0.25, -0.2) is 9.69 Å². The number of ether oxygens (including phenoxy) is 1. The number of halogens is 2. The van der Waals surface area contributed by atoms with Crippen molar-refractivity contribution in [1.29, 1.82) is 0 Å². The van der Waals surface area contributed by atoms with Crippen LogP contribution in [0.15, 0.2) is 58.1 Å². The molecule has 2 amide bonds. The lowest BCUT2D eigenvalue weighted by atomic mass is 9.98. The average Bonchev–Trinajstić information content (AvgIpc) is 3.21. The van der Waals surface area contributed by atoms with E-state index in [4.69, 9.17) is 16.3 Å². The van der Waals surface area contributed by atoms with Crippen molar-refractivity contribution in [1.82, 2.24) is 0 Å². The Kier molecular flexibility index (Phi) is 5.14. The van der Waals surface area contributed by atoms with Gasteiger partial charge in [0.25, 0.3) is 5.91 Å². The molecule has 0 spiro atoms. The molecule has 2 atom stereocenters. The highest BCUT2D eigenvalue weighted by atomic mass is 79.9. The minimum Gasteiger partial charge on any atom is -0.461 e. The summed E-state index contributed by atoms with van der Waals surface area (Å²) in [6.45, 7) is 1.80. The number of carbonyl (C=O) groups excluding carboxylic acids is 3. The summed E-state index contributed by atoms with van der Waals surface area (Å²) in [6.07, 6.45) is 0. The SMILES string of the molecule is CCOC(=O)C1=NN(c2ccc(Br)cc2)[C@@H]2C(=O)N(c3ccc(Cl)cc3)C(=O)[C@H]12. The van der Waals surface area contributed by atoms with Crippen LogP contribution in [-0.4, -0.2) is 36.1 Å². The number of carbonyl (C=O) groups is 3. The normalized spacial score (nSPS) is 20.7. The van der Waals surface area contributed by atoms with Crippen molar-refractivity contribution in [3.8, 4) is 0 Å². The topological polar surface area (TPSA) is 79.3 Å². The summed E-state index contributed by atoms with van der Waals surface area (Å²) < 4.78 is 5.92. The summed E-state index contributed by atoms with van der Waals surface area (Å²) >= 11 is 9.29. The first kappa shape index (κ1) is 19.6. The van der Waals surface area contributed by atoms with Gasteiger partial charge in [0.1, 0.15) is 12.0 Å². The minimum atomic E-state index is -1.04. The van der Waals surface area contributed by atoms with Crippen LogP contribution in [0.3, 0.4) is 0 Å². The van der Waals surface area contributed by atoms with Gasteiger partial charge in [-0.2, -0.15) is 5.10 Å². The number of rotatable bonds is 4. The van der Waals surface area contributed by atoms with Crippen molar-refractivity contribution in [3.05, 3.63) is 58.0 Å². The summed E-state index contributed by atoms with van der Waals surface area (Å²) in [4.78, 5) is 40.0. The Morgan fingerprint density at radius 3 is 2.31 bits per heavy atom. The van der Waals surface area contributed by atoms with Crippen LogP contribution < -0.4 is 9.91 Å². The molecular weight excluding hydrogens is 462 g/mol. The van der Waals surface area contributed by atoms with Crippen molar-refractivity contribution in [2.75, 3.05) is 16.5 Å². The lowest BCUT2D eigenvalue weighted by Crippen LogP contribution is -2.39. The number of anilines is 2. The van der Waals surface area contributed by atoms with E-state index in [0.29, 0.717) is 16.4 Å². The van der Waals surface area contributed by atoms with Gasteiger partial charge < -0.3 is 4.74 Å². The van der Waals surface area contributed by atoms with Gasteiger partial charge in [0, 0.05) is 9.50 Å². The zero-order valence-corrected chi connectivity index (χ0v) is 17.6. The highest BCUT2D eigenvalue weighted by Gasteiger charge is 2.59. The first-order chi connectivity index (χ1) is 13.9. The van der Waals surface area contributed by atoms with Crippen LogP contribution in [-0.2, 0) is 19.1 Å². The Balaban J connectivity index is 1.78. The van der Waals surface area contributed by atoms with Gasteiger partial charge in [-0.3, -0.25) is 14.6 Å². The molecule has 2 aromatic carbocycles. The van der Waals surface area contributed by atoms with Gasteiger partial charge in [0.2, 0.25) is 5.91 Å². The minimum absolute atomic E-state index is 0.0745. The lowest BCUT2D eigenvalue weighted by molar-refractivity contribution is -0.136. The predicted octanol–water partition coefficient (Wildman–Crippen LogP) is 3.40. The second kappa shape index (κ2) is 7.61. The fourth-order valence-electron chi connectivity index (χ4n) is 3.44. The summed E-state index contributed by atoms with van der Waals surface area (Å²) in [5, 5.41) is 6.21. The van der Waals surface area contributed by atoms with Gasteiger partial charge in [-0.15, -0.1) is 0 Å². The van der Waals surface area contributed by atoms with Crippen molar-refractivity contribution >= 4 is 62.4 Å². The molecule has 0 unspecified atom stereocenters. The molecule has 1 fully saturated rings. The van der Waals surface area contributed by atoms with Crippen LogP contribution in [0.4, 0.5) is 11.4 Å². The number of imide groups is 1. The van der Waals surface area contributed by atoms with E-state index in [1.165, 1.54) is 5.01 Å². The van der Waals surface area contributed by atoms with Crippen LogP contribution in [0.5, 0.6) is 0 Å². The van der Waals surface area contributed by atoms with Gasteiger partial charge >= 0.3 is 5.97 Å². The molecule has 2 aromatic rings. The van der Waals surface area contributed by atoms with E-state index >= 15 is 0 Å². The molecule has 0 saturated carbocycles. The molecule has 29 heavy (non-hydrogen) atoms. The van der Waals surface area contributed by atoms with Gasteiger partial charge in [0.05, 0.1) is 18.0 Å². The molecule has 2 aliphatic heterocycles. The molecule has 2 aliphatic rings. The third-order valence-electron chi connectivity index (χ3n) is 4.71. The number of nitrogens with zero attached hydrogens (tertiary/aromatic N) is 3. The molecule has 4 rings (SSSR count). The maximum atomic E-state index is 13.3. The number of hydrogen-bond acceptors (Lipinski definition) is 6. The third kappa shape index (κ3) is 3.32. The van der Waals surface area contributed by atoms with E-state index < -0.39 is 29.7 Å². The highest BCUT2D eigenvalue weighted by Crippen LogP contribution is 2.38. The largest absolute Gasteiger partial charge is 0.461 e. The van der Waals surface area contributed by atoms with E-state index in [-0.39, 0.29) is 12.3 Å². The maximum Gasteiger partial charge on any atom is 0.355 e. The first-order valence-electron chi connectivity index (χ1n) is 8.86. The number of benzene rings is 2. The fourth-order valence-corrected chi connectivity index (χ4v) is 3.83. The molecule has 1 saturated heterocycles. The Morgan fingerprint density at radius 1 is 1.07 bits per heavy atom. The molecule has 0 radical (unpaired) electrons. The van der Waals surface area contributed by atoms with Crippen molar-refractivity contribution in [3.63, 3.8) is 0 Å². The number of hydrogen-bond donors (Lipinski definition) is 0. The second-order valence-electron chi connectivity index (χ2n) is 6.44. The number of fused-ring (bicyclic) bond motifs is 1. The second-order valence-corrected chi connectivity index (χ2v) is 7.79. The van der Waals surface area contributed by atoms with E-state index in [1.54, 1.807) is 55.5 Å². The maximum absolute atomic E-state index is 13.3. The molecule has 7 nitrogen and oxygen atoms in total. The van der Waals surface area contributed by atoms with Crippen LogP contribution in [0.25, 0.3) is 0 Å². The molecule has 2 heterocycles. The van der Waals surface area contributed by atoms with Gasteiger partial charge in [0.15, 0.2) is 5.71 Å². The third-order valence-corrected chi connectivity index (χ3v) is 5.49. The van der Waals surface area contributed by atoms with Crippen LogP contribution in [0.1, 0.15) is 6.92 Å². The Morgan fingerprint density at radius 2 is 1.69 bits per heavy atom. The zero-order valence-electron chi connectivity index (χ0n) is 15.2. The Hall–Kier alpha value is -2.71. The van der Waals surface area contributed by atoms with E-state index in [0.717, 1.165) is 9.37 Å².